The predicted octanol–water partition coefficient (Wildman–Crippen LogP) is 1.64. The fourth-order valence-corrected chi connectivity index (χ4v) is 3.51. The molecule has 1 aliphatic heterocycles. The lowest BCUT2D eigenvalue weighted by Gasteiger charge is -2.17. The van der Waals surface area contributed by atoms with Gasteiger partial charge >= 0.3 is 0 Å². The molecule has 2 unspecified atom stereocenters. The minimum atomic E-state index is -0.129. The highest BCUT2D eigenvalue weighted by Crippen LogP contribution is 2.25. The second-order valence-electron chi connectivity index (χ2n) is 6.81. The molecule has 2 amide bonds. The van der Waals surface area contributed by atoms with Crippen molar-refractivity contribution in [1.29, 1.82) is 0 Å². The van der Waals surface area contributed by atoms with Crippen LogP contribution in [0.25, 0.3) is 0 Å². The number of hydrogen-bond donors (Lipinski definition) is 2. The summed E-state index contributed by atoms with van der Waals surface area (Å²) in [6, 6.07) is 1.79. The highest BCUT2D eigenvalue weighted by Gasteiger charge is 2.31. The number of carbonyl (C=O) groups is 2. The summed E-state index contributed by atoms with van der Waals surface area (Å²) in [5.41, 5.74) is 1.18. The van der Waals surface area contributed by atoms with Gasteiger partial charge in [-0.3, -0.25) is 14.7 Å². The van der Waals surface area contributed by atoms with Crippen LogP contribution in [0.4, 0.5) is 0 Å². The van der Waals surface area contributed by atoms with E-state index in [0.717, 1.165) is 37.8 Å². The Balaban J connectivity index is 1.53. The highest BCUT2D eigenvalue weighted by molar-refractivity contribution is 5.92. The summed E-state index contributed by atoms with van der Waals surface area (Å²) in [6.07, 6.45) is 4.96. The van der Waals surface area contributed by atoms with Crippen molar-refractivity contribution in [3.63, 3.8) is 0 Å². The van der Waals surface area contributed by atoms with Gasteiger partial charge in [0.15, 0.2) is 5.69 Å². The number of rotatable bonds is 5. The predicted molar refractivity (Wildman–Crippen MR) is 88.4 cm³/mol. The quantitative estimate of drug-likeness (QED) is 0.857. The number of methoxy groups -OCH3 is 1. The van der Waals surface area contributed by atoms with E-state index in [9.17, 15) is 9.59 Å². The summed E-state index contributed by atoms with van der Waals surface area (Å²) in [5, 5.41) is 10.1. The first-order valence-corrected chi connectivity index (χ1v) is 8.76. The summed E-state index contributed by atoms with van der Waals surface area (Å²) < 4.78 is 5.22. The van der Waals surface area contributed by atoms with Crippen LogP contribution < -0.4 is 5.32 Å². The van der Waals surface area contributed by atoms with Gasteiger partial charge in [-0.2, -0.15) is 5.10 Å². The lowest BCUT2D eigenvalue weighted by atomic mass is 10.1. The van der Waals surface area contributed by atoms with Gasteiger partial charge in [0.05, 0.1) is 11.8 Å². The molecule has 2 atom stereocenters. The summed E-state index contributed by atoms with van der Waals surface area (Å²) in [5.74, 6) is 0.223. The maximum absolute atomic E-state index is 12.5. The molecule has 7 nitrogen and oxygen atoms in total. The number of hydrogen-bond acceptors (Lipinski definition) is 4. The Bertz CT molecular complexity index is 594. The van der Waals surface area contributed by atoms with E-state index in [1.165, 1.54) is 0 Å². The zero-order valence-electron chi connectivity index (χ0n) is 14.4. The third-order valence-corrected chi connectivity index (χ3v) is 5.16. The molecule has 1 aliphatic carbocycles. The number of aromatic nitrogens is 2. The summed E-state index contributed by atoms with van der Waals surface area (Å²) in [4.78, 5) is 26.5. The van der Waals surface area contributed by atoms with Crippen LogP contribution in [-0.4, -0.2) is 53.2 Å². The first kappa shape index (κ1) is 17.0. The van der Waals surface area contributed by atoms with Gasteiger partial charge in [-0.25, -0.2) is 0 Å². The molecule has 1 aromatic heterocycles. The van der Waals surface area contributed by atoms with Crippen molar-refractivity contribution in [2.24, 2.45) is 5.92 Å². The standard InChI is InChI=1S/C17H26N4O3/c1-11(24-2)14-9-15(20-19-14)17(23)21-8-7-13(10-21)18-16(22)12-5-3-4-6-12/h9,11-13H,3-8,10H2,1-2H3,(H,18,22)(H,19,20). The molecule has 7 heteroatoms. The first-order valence-electron chi connectivity index (χ1n) is 8.76. The van der Waals surface area contributed by atoms with E-state index >= 15 is 0 Å². The highest BCUT2D eigenvalue weighted by atomic mass is 16.5. The van der Waals surface area contributed by atoms with E-state index < -0.39 is 0 Å². The normalized spacial score (nSPS) is 22.8. The maximum Gasteiger partial charge on any atom is 0.274 e. The molecule has 3 rings (SSSR count). The topological polar surface area (TPSA) is 87.3 Å². The smallest absolute Gasteiger partial charge is 0.274 e. The molecule has 2 N–H and O–H groups in total. The number of nitrogens with zero attached hydrogens (tertiary/aromatic N) is 2. The van der Waals surface area contributed by atoms with Gasteiger partial charge < -0.3 is 15.0 Å². The molecule has 0 aromatic carbocycles. The molecule has 2 aliphatic rings. The SMILES string of the molecule is COC(C)c1cc(C(=O)N2CCC(NC(=O)C3CCCC3)C2)n[nH]1. The van der Waals surface area contributed by atoms with Crippen molar-refractivity contribution in [1.82, 2.24) is 20.4 Å². The van der Waals surface area contributed by atoms with Gasteiger partial charge in [0.25, 0.3) is 5.91 Å². The van der Waals surface area contributed by atoms with Crippen LogP contribution in [0.5, 0.6) is 0 Å². The minimum absolute atomic E-state index is 0.0540. The van der Waals surface area contributed by atoms with Crippen LogP contribution in [0, 0.1) is 5.92 Å². The zero-order chi connectivity index (χ0) is 17.1. The number of amides is 2. The number of likely N-dealkylation sites (tertiary alicyclic amines) is 1. The van der Waals surface area contributed by atoms with E-state index in [4.69, 9.17) is 4.74 Å². The van der Waals surface area contributed by atoms with Crippen LogP contribution in [0.1, 0.15) is 61.3 Å². The molecular weight excluding hydrogens is 308 g/mol. The van der Waals surface area contributed by atoms with Crippen molar-refractivity contribution in [2.45, 2.75) is 51.2 Å². The van der Waals surface area contributed by atoms with Crippen molar-refractivity contribution >= 4 is 11.8 Å². The fraction of sp³-hybridized carbons (Fsp3) is 0.706. The lowest BCUT2D eigenvalue weighted by molar-refractivity contribution is -0.125. The summed E-state index contributed by atoms with van der Waals surface area (Å²) >= 11 is 0. The molecule has 132 valence electrons. The number of nitrogens with one attached hydrogen (secondary N) is 2. The Labute approximate surface area is 142 Å². The third-order valence-electron chi connectivity index (χ3n) is 5.16. The number of aromatic amines is 1. The van der Waals surface area contributed by atoms with Crippen LogP contribution >= 0.6 is 0 Å². The molecule has 2 heterocycles. The van der Waals surface area contributed by atoms with Crippen molar-refractivity contribution in [2.75, 3.05) is 20.2 Å². The Kier molecular flexibility index (Phi) is 5.18. The molecule has 24 heavy (non-hydrogen) atoms. The third kappa shape index (κ3) is 3.61. The Morgan fingerprint density at radius 1 is 1.38 bits per heavy atom. The molecule has 0 bridgehead atoms. The largest absolute Gasteiger partial charge is 0.375 e. The molecule has 1 aromatic rings. The molecule has 1 saturated carbocycles. The van der Waals surface area contributed by atoms with Gasteiger partial charge in [0.1, 0.15) is 0 Å². The van der Waals surface area contributed by atoms with Crippen molar-refractivity contribution < 1.29 is 14.3 Å². The average molecular weight is 334 g/mol. The number of ether oxygens (including phenoxy) is 1. The summed E-state index contributed by atoms with van der Waals surface area (Å²) in [6.45, 7) is 3.10. The first-order chi connectivity index (χ1) is 11.6. The second-order valence-corrected chi connectivity index (χ2v) is 6.81. The molecule has 2 fully saturated rings. The fourth-order valence-electron chi connectivity index (χ4n) is 3.51. The van der Waals surface area contributed by atoms with E-state index in [2.05, 4.69) is 15.5 Å². The average Bonchev–Trinajstić information content (AvgIpc) is 3.33. The van der Waals surface area contributed by atoms with E-state index in [-0.39, 0.29) is 29.9 Å². The van der Waals surface area contributed by atoms with Gasteiger partial charge in [0, 0.05) is 32.2 Å². The van der Waals surface area contributed by atoms with Gasteiger partial charge in [-0.1, -0.05) is 12.8 Å². The molecule has 1 saturated heterocycles. The van der Waals surface area contributed by atoms with Crippen LogP contribution in [0.3, 0.4) is 0 Å². The maximum atomic E-state index is 12.5. The Morgan fingerprint density at radius 3 is 2.83 bits per heavy atom. The van der Waals surface area contributed by atoms with Gasteiger partial charge in [-0.05, 0) is 32.3 Å². The zero-order valence-corrected chi connectivity index (χ0v) is 14.4. The lowest BCUT2D eigenvalue weighted by Crippen LogP contribution is -2.40. The minimum Gasteiger partial charge on any atom is -0.375 e. The number of H-pyrrole nitrogens is 1. The number of carbonyl (C=O) groups excluding carboxylic acids is 2. The van der Waals surface area contributed by atoms with Gasteiger partial charge in [0.2, 0.25) is 5.91 Å². The second kappa shape index (κ2) is 7.34. The van der Waals surface area contributed by atoms with Gasteiger partial charge in [-0.15, -0.1) is 0 Å². The monoisotopic (exact) mass is 334 g/mol. The van der Waals surface area contributed by atoms with Crippen molar-refractivity contribution in [3.8, 4) is 0 Å². The van der Waals surface area contributed by atoms with Crippen LogP contribution in [0.2, 0.25) is 0 Å². The van der Waals surface area contributed by atoms with E-state index in [1.807, 2.05) is 6.92 Å². The Morgan fingerprint density at radius 2 is 2.12 bits per heavy atom. The van der Waals surface area contributed by atoms with E-state index in [0.29, 0.717) is 18.8 Å². The van der Waals surface area contributed by atoms with Crippen LogP contribution in [-0.2, 0) is 9.53 Å². The summed E-state index contributed by atoms with van der Waals surface area (Å²) in [7, 11) is 1.62. The molecule has 0 spiro atoms. The van der Waals surface area contributed by atoms with Crippen LogP contribution in [0.15, 0.2) is 6.07 Å². The Hall–Kier alpha value is -1.89. The molecule has 0 radical (unpaired) electrons. The van der Waals surface area contributed by atoms with Crippen molar-refractivity contribution in [3.05, 3.63) is 17.5 Å². The molecular formula is C17H26N4O3. The van der Waals surface area contributed by atoms with E-state index in [1.54, 1.807) is 18.1 Å².